The Labute approximate surface area is 152 Å². The predicted octanol–water partition coefficient (Wildman–Crippen LogP) is 4.02. The molecule has 0 aliphatic heterocycles. The average Bonchev–Trinajstić information content (AvgIpc) is 2.61. The van der Waals surface area contributed by atoms with Crippen LogP contribution in [0.3, 0.4) is 0 Å². The average molecular weight is 364 g/mol. The fourth-order valence-electron chi connectivity index (χ4n) is 2.32. The molecule has 0 atom stereocenters. The number of hydrogen-bond donors (Lipinski definition) is 1. The first-order chi connectivity index (χ1) is 12.1. The summed E-state index contributed by atoms with van der Waals surface area (Å²) in [4.78, 5) is 6.21. The van der Waals surface area contributed by atoms with Gasteiger partial charge in [-0.1, -0.05) is 16.8 Å². The number of aromatic nitrogens is 1. The van der Waals surface area contributed by atoms with Gasteiger partial charge in [-0.25, -0.2) is 4.98 Å². The number of hydrogen-bond acceptors (Lipinski definition) is 5. The number of halogens is 1. The van der Waals surface area contributed by atoms with Gasteiger partial charge in [0, 0.05) is 30.9 Å². The molecule has 0 radical (unpaired) electrons. The molecule has 2 aromatic rings. The molecular formula is C18H22ClN3O3. The van der Waals surface area contributed by atoms with Crippen molar-refractivity contribution in [1.29, 1.82) is 0 Å². The Kier molecular flexibility index (Phi) is 7.03. The summed E-state index contributed by atoms with van der Waals surface area (Å²) in [6.07, 6.45) is 1.62. The van der Waals surface area contributed by atoms with E-state index in [1.165, 1.54) is 0 Å². The Morgan fingerprint density at radius 1 is 1.28 bits per heavy atom. The molecule has 1 aromatic carbocycles. The molecule has 0 amide bonds. The minimum atomic E-state index is 0.102. The van der Waals surface area contributed by atoms with Gasteiger partial charge in [-0.2, -0.15) is 0 Å². The van der Waals surface area contributed by atoms with E-state index in [1.54, 1.807) is 49.7 Å². The molecule has 1 heterocycles. The van der Waals surface area contributed by atoms with Crippen LogP contribution in [0.4, 0.5) is 0 Å². The van der Waals surface area contributed by atoms with Crippen LogP contribution in [0.15, 0.2) is 47.8 Å². The minimum absolute atomic E-state index is 0.102. The zero-order chi connectivity index (χ0) is 18.2. The molecule has 0 unspecified atom stereocenters. The molecular weight excluding hydrogens is 342 g/mol. The van der Waals surface area contributed by atoms with Crippen molar-refractivity contribution in [3.05, 3.63) is 53.2 Å². The Balaban J connectivity index is 2.34. The van der Waals surface area contributed by atoms with E-state index in [0.29, 0.717) is 41.2 Å². The fourth-order valence-corrected chi connectivity index (χ4v) is 2.45. The van der Waals surface area contributed by atoms with E-state index >= 15 is 0 Å². The maximum Gasteiger partial charge on any atom is 0.230 e. The molecule has 0 aliphatic carbocycles. The maximum atomic E-state index is 9.63. The van der Waals surface area contributed by atoms with Gasteiger partial charge in [-0.15, -0.1) is 0 Å². The molecule has 0 saturated heterocycles. The highest BCUT2D eigenvalue weighted by atomic mass is 35.5. The summed E-state index contributed by atoms with van der Waals surface area (Å²) in [5.41, 5.74) is 0.588. The van der Waals surface area contributed by atoms with E-state index in [9.17, 15) is 5.21 Å². The largest absolute Gasteiger partial charge is 0.438 e. The number of ether oxygens (including phenoxy) is 2. The number of benzene rings is 1. The summed E-state index contributed by atoms with van der Waals surface area (Å²) in [5.74, 6) is 1.32. The lowest BCUT2D eigenvalue weighted by Gasteiger charge is -2.29. The number of amidine groups is 1. The first-order valence-corrected chi connectivity index (χ1v) is 8.31. The molecule has 0 saturated carbocycles. The fraction of sp³-hybridized carbons (Fsp3) is 0.333. The summed E-state index contributed by atoms with van der Waals surface area (Å²) >= 11 is 5.90. The van der Waals surface area contributed by atoms with Gasteiger partial charge in [-0.05, 0) is 50.2 Å². The third-order valence-electron chi connectivity index (χ3n) is 3.57. The van der Waals surface area contributed by atoms with E-state index in [1.807, 2.05) is 18.7 Å². The summed E-state index contributed by atoms with van der Waals surface area (Å²) in [6, 6.07) is 10.6. The number of nitrogens with zero attached hydrogens (tertiary/aromatic N) is 3. The van der Waals surface area contributed by atoms with Crippen LogP contribution in [0.5, 0.6) is 11.6 Å². The van der Waals surface area contributed by atoms with Crippen LogP contribution in [0, 0.1) is 0 Å². The third kappa shape index (κ3) is 5.08. The molecule has 0 bridgehead atoms. The maximum absolute atomic E-state index is 9.63. The Morgan fingerprint density at radius 2 is 2.00 bits per heavy atom. The Morgan fingerprint density at radius 3 is 2.60 bits per heavy atom. The minimum Gasteiger partial charge on any atom is -0.438 e. The van der Waals surface area contributed by atoms with Crippen LogP contribution >= 0.6 is 11.6 Å². The van der Waals surface area contributed by atoms with Gasteiger partial charge in [-0.3, -0.25) is 0 Å². The van der Waals surface area contributed by atoms with Crippen LogP contribution in [-0.2, 0) is 4.74 Å². The SMILES string of the molecule is COCCN(/C(=N\O)c1cccnc1Oc1ccc(Cl)cc1)C(C)C. The number of methoxy groups -OCH3 is 1. The van der Waals surface area contributed by atoms with Crippen LogP contribution in [-0.4, -0.2) is 47.2 Å². The van der Waals surface area contributed by atoms with Crippen molar-refractivity contribution in [3.63, 3.8) is 0 Å². The van der Waals surface area contributed by atoms with Crippen molar-refractivity contribution in [2.45, 2.75) is 19.9 Å². The van der Waals surface area contributed by atoms with Crippen molar-refractivity contribution in [2.24, 2.45) is 5.16 Å². The van der Waals surface area contributed by atoms with Gasteiger partial charge in [0.05, 0.1) is 12.2 Å². The molecule has 6 nitrogen and oxygen atoms in total. The standard InChI is InChI=1S/C18H22ClN3O3/c1-13(2)22(11-12-24-3)17(21-23)16-5-4-10-20-18(16)25-15-8-6-14(19)7-9-15/h4-10,13,23H,11-12H2,1-3H3/b21-17-. The van der Waals surface area contributed by atoms with Gasteiger partial charge in [0.1, 0.15) is 5.75 Å². The summed E-state index contributed by atoms with van der Waals surface area (Å²) in [5, 5.41) is 13.7. The first-order valence-electron chi connectivity index (χ1n) is 7.93. The Hall–Kier alpha value is -2.31. The molecule has 0 aliphatic rings. The zero-order valence-corrected chi connectivity index (χ0v) is 15.3. The normalized spacial score (nSPS) is 11.6. The van der Waals surface area contributed by atoms with Crippen molar-refractivity contribution >= 4 is 17.4 Å². The molecule has 25 heavy (non-hydrogen) atoms. The zero-order valence-electron chi connectivity index (χ0n) is 14.5. The molecule has 1 N–H and O–H groups in total. The van der Waals surface area contributed by atoms with Crippen LogP contribution < -0.4 is 4.74 Å². The van der Waals surface area contributed by atoms with Crippen LogP contribution in [0.2, 0.25) is 5.02 Å². The molecule has 1 aromatic heterocycles. The second-order valence-electron chi connectivity index (χ2n) is 5.62. The molecule has 134 valence electrons. The lowest BCUT2D eigenvalue weighted by atomic mass is 10.2. The van der Waals surface area contributed by atoms with Crippen molar-refractivity contribution in [2.75, 3.05) is 20.3 Å². The third-order valence-corrected chi connectivity index (χ3v) is 3.82. The summed E-state index contributed by atoms with van der Waals surface area (Å²) in [6.45, 7) is 5.10. The molecule has 2 rings (SSSR count). The van der Waals surface area contributed by atoms with E-state index in [-0.39, 0.29) is 6.04 Å². The van der Waals surface area contributed by atoms with Gasteiger partial charge in [0.15, 0.2) is 5.84 Å². The van der Waals surface area contributed by atoms with Crippen molar-refractivity contribution in [3.8, 4) is 11.6 Å². The van der Waals surface area contributed by atoms with E-state index in [4.69, 9.17) is 21.1 Å². The lowest BCUT2D eigenvalue weighted by Crippen LogP contribution is -2.40. The predicted molar refractivity (Wildman–Crippen MR) is 97.8 cm³/mol. The summed E-state index contributed by atoms with van der Waals surface area (Å²) < 4.78 is 11.0. The number of oxime groups is 1. The molecule has 0 fully saturated rings. The molecule has 7 heteroatoms. The van der Waals surface area contributed by atoms with Gasteiger partial charge in [0.25, 0.3) is 0 Å². The van der Waals surface area contributed by atoms with E-state index < -0.39 is 0 Å². The lowest BCUT2D eigenvalue weighted by molar-refractivity contribution is 0.164. The second-order valence-corrected chi connectivity index (χ2v) is 6.05. The second kappa shape index (κ2) is 9.25. The number of pyridine rings is 1. The quantitative estimate of drug-likeness (QED) is 0.348. The van der Waals surface area contributed by atoms with Gasteiger partial charge >= 0.3 is 0 Å². The highest BCUT2D eigenvalue weighted by Crippen LogP contribution is 2.26. The van der Waals surface area contributed by atoms with Crippen LogP contribution in [0.25, 0.3) is 0 Å². The van der Waals surface area contributed by atoms with Gasteiger partial charge < -0.3 is 19.6 Å². The topological polar surface area (TPSA) is 67.2 Å². The smallest absolute Gasteiger partial charge is 0.230 e. The van der Waals surface area contributed by atoms with Crippen molar-refractivity contribution in [1.82, 2.24) is 9.88 Å². The summed E-state index contributed by atoms with van der Waals surface area (Å²) in [7, 11) is 1.63. The molecule has 0 spiro atoms. The van der Waals surface area contributed by atoms with Crippen LogP contribution in [0.1, 0.15) is 19.4 Å². The highest BCUT2D eigenvalue weighted by molar-refractivity contribution is 6.30. The Bertz CT molecular complexity index is 705. The van der Waals surface area contributed by atoms with Gasteiger partial charge in [0.2, 0.25) is 5.88 Å². The highest BCUT2D eigenvalue weighted by Gasteiger charge is 2.22. The van der Waals surface area contributed by atoms with E-state index in [0.717, 1.165) is 0 Å². The first kappa shape index (κ1) is 19.0. The van der Waals surface area contributed by atoms with Crippen molar-refractivity contribution < 1.29 is 14.7 Å². The van der Waals surface area contributed by atoms with E-state index in [2.05, 4.69) is 10.1 Å². The monoisotopic (exact) mass is 363 g/mol. The number of rotatable bonds is 7.